The molecule has 1 aromatic carbocycles. The minimum absolute atomic E-state index is 0.534. The summed E-state index contributed by atoms with van der Waals surface area (Å²) in [4.78, 5) is 0. The Morgan fingerprint density at radius 3 is 1.87 bits per heavy atom. The van der Waals surface area contributed by atoms with E-state index in [1.807, 2.05) is 7.11 Å². The second kappa shape index (κ2) is 13.3. The smallest absolute Gasteiger partial charge is 0.136 e. The maximum atomic E-state index is 6.50. The third-order valence-electron chi connectivity index (χ3n) is 6.76. The van der Waals surface area contributed by atoms with Gasteiger partial charge < -0.3 is 9.47 Å². The van der Waals surface area contributed by atoms with E-state index in [-0.39, 0.29) is 0 Å². The average Bonchev–Trinajstić information content (AvgIpc) is 3.43. The molecule has 0 bridgehead atoms. The molecule has 176 valence electrons. The van der Waals surface area contributed by atoms with Gasteiger partial charge in [0.2, 0.25) is 0 Å². The Morgan fingerprint density at radius 2 is 1.32 bits per heavy atom. The highest BCUT2D eigenvalue weighted by Crippen LogP contribution is 2.34. The molecule has 1 aromatic rings. The molecule has 2 fully saturated rings. The number of ether oxygens (including phenoxy) is 2. The summed E-state index contributed by atoms with van der Waals surface area (Å²) in [5.74, 6) is 11.8. The molecule has 3 rings (SSSR count). The maximum absolute atomic E-state index is 6.50. The van der Waals surface area contributed by atoms with Crippen molar-refractivity contribution in [2.45, 2.75) is 83.6 Å². The first-order valence-corrected chi connectivity index (χ1v) is 16.1. The molecule has 4 heteroatoms. The predicted octanol–water partition coefficient (Wildman–Crippen LogP) is 6.75. The molecule has 31 heavy (non-hydrogen) atoms. The Hall–Kier alpha value is -0.480. The summed E-state index contributed by atoms with van der Waals surface area (Å²) in [5.41, 5.74) is 2.78. The van der Waals surface area contributed by atoms with Gasteiger partial charge in [-0.2, -0.15) is 0 Å². The fraction of sp³-hybridized carbons (Fsp3) is 0.778. The van der Waals surface area contributed by atoms with Crippen LogP contribution < -0.4 is 9.47 Å². The first-order valence-electron chi connectivity index (χ1n) is 12.7. The van der Waals surface area contributed by atoms with Gasteiger partial charge in [0.15, 0.2) is 0 Å². The van der Waals surface area contributed by atoms with Crippen molar-refractivity contribution in [3.8, 4) is 11.5 Å². The Bertz CT molecular complexity index is 649. The molecule has 2 aliphatic heterocycles. The van der Waals surface area contributed by atoms with Gasteiger partial charge in [-0.3, -0.25) is 0 Å². The van der Waals surface area contributed by atoms with Crippen molar-refractivity contribution in [1.29, 1.82) is 0 Å². The van der Waals surface area contributed by atoms with Crippen molar-refractivity contribution in [3.05, 3.63) is 23.3 Å². The molecular weight excluding hydrogens is 420 g/mol. The number of benzene rings is 1. The molecule has 0 amide bonds. The summed E-state index contributed by atoms with van der Waals surface area (Å²) in [6.45, 7) is 7.90. The molecule has 2 aliphatic rings. The van der Waals surface area contributed by atoms with E-state index in [2.05, 4.69) is 32.9 Å². The van der Waals surface area contributed by atoms with Crippen LogP contribution in [0.5, 0.6) is 11.5 Å². The van der Waals surface area contributed by atoms with Crippen molar-refractivity contribution in [2.24, 2.45) is 11.8 Å². The van der Waals surface area contributed by atoms with E-state index in [0.29, 0.717) is 21.8 Å². The molecule has 0 radical (unpaired) electrons. The zero-order chi connectivity index (χ0) is 22.1. The third kappa shape index (κ3) is 8.42. The fourth-order valence-electron chi connectivity index (χ4n) is 4.74. The zero-order valence-electron chi connectivity index (χ0n) is 20.5. The van der Waals surface area contributed by atoms with Crippen molar-refractivity contribution in [3.63, 3.8) is 0 Å². The van der Waals surface area contributed by atoms with Gasteiger partial charge in [0, 0.05) is 11.1 Å². The Morgan fingerprint density at radius 1 is 0.774 bits per heavy atom. The van der Waals surface area contributed by atoms with E-state index in [0.717, 1.165) is 36.4 Å². The molecule has 1 atom stereocenters. The lowest BCUT2D eigenvalue weighted by molar-refractivity contribution is 0.273. The van der Waals surface area contributed by atoms with Crippen LogP contribution >= 0.6 is 0 Å². The van der Waals surface area contributed by atoms with E-state index in [1.165, 1.54) is 90.6 Å². The van der Waals surface area contributed by atoms with Crippen LogP contribution in [0.2, 0.25) is 0 Å². The highest BCUT2D eigenvalue weighted by molar-refractivity contribution is 7.96. The van der Waals surface area contributed by atoms with Gasteiger partial charge in [0.05, 0.1) is 13.7 Å². The number of rotatable bonds is 13. The molecular formula is C27H46O2S2+2. The lowest BCUT2D eigenvalue weighted by atomic mass is 9.98. The zero-order valence-corrected chi connectivity index (χ0v) is 22.2. The van der Waals surface area contributed by atoms with Crippen molar-refractivity contribution < 1.29 is 9.47 Å². The second-order valence-corrected chi connectivity index (χ2v) is 14.7. The summed E-state index contributed by atoms with van der Waals surface area (Å²) in [6.07, 6.45) is 10.8. The Kier molecular flexibility index (Phi) is 10.8. The third-order valence-corrected chi connectivity index (χ3v) is 11.7. The molecule has 2 heterocycles. The van der Waals surface area contributed by atoms with Crippen LogP contribution in [0.15, 0.2) is 12.1 Å². The lowest BCUT2D eigenvalue weighted by Gasteiger charge is -2.17. The first kappa shape index (κ1) is 25.1. The molecule has 1 unspecified atom stereocenters. The monoisotopic (exact) mass is 466 g/mol. The molecule has 0 aromatic heterocycles. The largest absolute Gasteiger partial charge is 0.496 e. The van der Waals surface area contributed by atoms with Crippen LogP contribution in [0.25, 0.3) is 0 Å². The van der Waals surface area contributed by atoms with Gasteiger partial charge in [-0.25, -0.2) is 0 Å². The Balaban J connectivity index is 1.65. The number of methoxy groups -OCH3 is 1. The molecule has 0 saturated carbocycles. The van der Waals surface area contributed by atoms with E-state index >= 15 is 0 Å². The van der Waals surface area contributed by atoms with Crippen molar-refractivity contribution >= 4 is 21.8 Å². The minimum Gasteiger partial charge on any atom is -0.496 e. The van der Waals surface area contributed by atoms with Gasteiger partial charge in [-0.1, -0.05) is 40.0 Å². The Labute approximate surface area is 197 Å². The minimum atomic E-state index is 0.534. The quantitative estimate of drug-likeness (QED) is 0.299. The highest BCUT2D eigenvalue weighted by Gasteiger charge is 2.29. The number of hydrogen-bond acceptors (Lipinski definition) is 2. The molecule has 0 N–H and O–H groups in total. The number of hydrogen-bond donors (Lipinski definition) is 0. The normalized spacial score (nSPS) is 18.7. The van der Waals surface area contributed by atoms with E-state index < -0.39 is 0 Å². The fourth-order valence-corrected chi connectivity index (χ4v) is 9.51. The summed E-state index contributed by atoms with van der Waals surface area (Å²) in [5, 5.41) is 0. The standard InChI is InChI=1S/C27H46O2S2/c1-22(2)10-9-11-23(3)12-13-29-27-19-24(20-30-14-5-6-15-30)26(28-4)18-25(27)21-31-16-7-8-17-31/h18-19,22-23H,5-17,20-21H2,1-4H3/q+2. The van der Waals surface area contributed by atoms with Crippen LogP contribution in [0.1, 0.15) is 83.3 Å². The second-order valence-electron chi connectivity index (χ2n) is 10.1. The molecule has 2 nitrogen and oxygen atoms in total. The summed E-state index contributed by atoms with van der Waals surface area (Å²) >= 11 is 0. The molecule has 0 aliphatic carbocycles. The van der Waals surface area contributed by atoms with Crippen LogP contribution in [-0.2, 0) is 33.3 Å². The lowest BCUT2D eigenvalue weighted by Crippen LogP contribution is -2.12. The van der Waals surface area contributed by atoms with E-state index in [1.54, 1.807) is 0 Å². The van der Waals surface area contributed by atoms with Crippen LogP contribution in [-0.4, -0.2) is 36.7 Å². The molecule has 2 saturated heterocycles. The summed E-state index contributed by atoms with van der Waals surface area (Å²) in [6, 6.07) is 4.70. The van der Waals surface area contributed by atoms with Crippen molar-refractivity contribution in [2.75, 3.05) is 36.7 Å². The summed E-state index contributed by atoms with van der Waals surface area (Å²) in [7, 11) is 2.91. The SMILES string of the molecule is COc1cc(C[S+]2CCCC2)c(OCCC(C)CCCC(C)C)cc1C[S+]1CCCC1. The van der Waals surface area contributed by atoms with Crippen LogP contribution in [0.3, 0.4) is 0 Å². The first-order chi connectivity index (χ1) is 15.0. The van der Waals surface area contributed by atoms with Gasteiger partial charge in [-0.05, 0) is 77.9 Å². The maximum Gasteiger partial charge on any atom is 0.136 e. The van der Waals surface area contributed by atoms with Gasteiger partial charge >= 0.3 is 0 Å². The highest BCUT2D eigenvalue weighted by atomic mass is 32.2. The van der Waals surface area contributed by atoms with Crippen LogP contribution in [0.4, 0.5) is 0 Å². The topological polar surface area (TPSA) is 18.5 Å². The van der Waals surface area contributed by atoms with Gasteiger partial charge in [0.1, 0.15) is 46.0 Å². The van der Waals surface area contributed by atoms with E-state index in [9.17, 15) is 0 Å². The molecule has 0 spiro atoms. The van der Waals surface area contributed by atoms with E-state index in [4.69, 9.17) is 9.47 Å². The van der Waals surface area contributed by atoms with Gasteiger partial charge in [-0.15, -0.1) is 0 Å². The predicted molar refractivity (Wildman–Crippen MR) is 141 cm³/mol. The van der Waals surface area contributed by atoms with Crippen LogP contribution in [0, 0.1) is 11.8 Å². The average molecular weight is 467 g/mol. The van der Waals surface area contributed by atoms with Gasteiger partial charge in [0.25, 0.3) is 0 Å². The van der Waals surface area contributed by atoms with Crippen molar-refractivity contribution in [1.82, 2.24) is 0 Å². The summed E-state index contributed by atoms with van der Waals surface area (Å²) < 4.78 is 12.4.